The van der Waals surface area contributed by atoms with Crippen molar-refractivity contribution in [3.63, 3.8) is 0 Å². The van der Waals surface area contributed by atoms with Gasteiger partial charge in [0.25, 0.3) is 0 Å². The van der Waals surface area contributed by atoms with E-state index in [1.165, 1.54) is 0 Å². The second-order valence-electron chi connectivity index (χ2n) is 4.45. The topological polar surface area (TPSA) is 17.1 Å². The molecule has 68 valence electrons. The molecule has 0 heterocycles. The largest absolute Gasteiger partial charge is 0.300 e. The quantitative estimate of drug-likeness (QED) is 0.576. The van der Waals surface area contributed by atoms with Crippen LogP contribution >= 0.6 is 0 Å². The summed E-state index contributed by atoms with van der Waals surface area (Å²) in [5, 5.41) is 0. The minimum Gasteiger partial charge on any atom is -0.300 e. The summed E-state index contributed by atoms with van der Waals surface area (Å²) >= 11 is 0. The third-order valence-corrected chi connectivity index (χ3v) is 3.08. The van der Waals surface area contributed by atoms with Crippen LogP contribution in [0.15, 0.2) is 12.7 Å². The highest BCUT2D eigenvalue weighted by Crippen LogP contribution is 2.40. The maximum atomic E-state index is 11.2. The van der Waals surface area contributed by atoms with Gasteiger partial charge in [0.1, 0.15) is 5.78 Å². The molecule has 1 heteroatoms. The van der Waals surface area contributed by atoms with E-state index in [2.05, 4.69) is 20.4 Å². The van der Waals surface area contributed by atoms with E-state index in [-0.39, 0.29) is 0 Å². The lowest BCUT2D eigenvalue weighted by molar-refractivity contribution is -0.124. The fourth-order valence-corrected chi connectivity index (χ4v) is 1.92. The Morgan fingerprint density at radius 2 is 2.33 bits per heavy atom. The zero-order chi connectivity index (χ0) is 9.19. The predicted molar refractivity (Wildman–Crippen MR) is 50.9 cm³/mol. The minimum absolute atomic E-state index is 0.335. The highest BCUT2D eigenvalue weighted by molar-refractivity contribution is 5.79. The zero-order valence-electron chi connectivity index (χ0n) is 8.10. The van der Waals surface area contributed by atoms with Crippen molar-refractivity contribution in [2.45, 2.75) is 39.5 Å². The summed E-state index contributed by atoms with van der Waals surface area (Å²) in [6.07, 6.45) is 5.51. The number of ketones is 1. The number of hydrogen-bond acceptors (Lipinski definition) is 1. The summed E-state index contributed by atoms with van der Waals surface area (Å²) in [5.74, 6) is 0.956. The highest BCUT2D eigenvalue weighted by atomic mass is 16.1. The molecular weight excluding hydrogens is 148 g/mol. The Hall–Kier alpha value is -0.590. The van der Waals surface area contributed by atoms with Crippen molar-refractivity contribution in [1.82, 2.24) is 0 Å². The first-order valence-corrected chi connectivity index (χ1v) is 4.69. The number of Topliss-reactive ketones (excluding diaryl/α,β-unsaturated/α-hetero) is 1. The number of carbonyl (C=O) groups is 1. The molecule has 0 radical (unpaired) electrons. The molecule has 1 nitrogen and oxygen atoms in total. The van der Waals surface area contributed by atoms with Crippen molar-refractivity contribution in [2.75, 3.05) is 0 Å². The van der Waals surface area contributed by atoms with Crippen molar-refractivity contribution < 1.29 is 4.79 Å². The Morgan fingerprint density at radius 3 is 2.92 bits per heavy atom. The third-order valence-electron chi connectivity index (χ3n) is 3.08. The van der Waals surface area contributed by atoms with E-state index in [4.69, 9.17) is 0 Å². The monoisotopic (exact) mass is 166 g/mol. The lowest BCUT2D eigenvalue weighted by atomic mass is 9.67. The van der Waals surface area contributed by atoms with Crippen LogP contribution in [-0.4, -0.2) is 5.78 Å². The Bertz CT molecular complexity index is 191. The smallest absolute Gasteiger partial charge is 0.133 e. The molecule has 1 saturated carbocycles. The molecule has 1 aliphatic rings. The lowest BCUT2D eigenvalue weighted by Gasteiger charge is -2.37. The third kappa shape index (κ3) is 1.96. The Kier molecular flexibility index (Phi) is 2.71. The lowest BCUT2D eigenvalue weighted by Crippen LogP contribution is -2.31. The molecule has 1 atom stereocenters. The van der Waals surface area contributed by atoms with Crippen LogP contribution < -0.4 is 0 Å². The van der Waals surface area contributed by atoms with E-state index in [0.717, 1.165) is 25.7 Å². The van der Waals surface area contributed by atoms with E-state index >= 15 is 0 Å². The van der Waals surface area contributed by atoms with Crippen molar-refractivity contribution in [3.8, 4) is 0 Å². The average molecular weight is 166 g/mol. The number of rotatable bonds is 2. The average Bonchev–Trinajstić information content (AvgIpc) is 1.98. The first-order chi connectivity index (χ1) is 5.56. The summed E-state index contributed by atoms with van der Waals surface area (Å²) in [6, 6.07) is 0. The van der Waals surface area contributed by atoms with Gasteiger partial charge in [0.05, 0.1) is 0 Å². The van der Waals surface area contributed by atoms with Crippen molar-refractivity contribution in [3.05, 3.63) is 12.7 Å². The Morgan fingerprint density at radius 1 is 1.67 bits per heavy atom. The summed E-state index contributed by atoms with van der Waals surface area (Å²) in [5.41, 5.74) is 0.335. The molecule has 0 spiro atoms. The first-order valence-electron chi connectivity index (χ1n) is 4.69. The van der Waals surface area contributed by atoms with Crippen LogP contribution in [-0.2, 0) is 4.79 Å². The van der Waals surface area contributed by atoms with E-state index < -0.39 is 0 Å². The molecule has 0 amide bonds. The molecular formula is C11H18O. The normalized spacial score (nSPS) is 28.5. The molecule has 0 aromatic rings. The van der Waals surface area contributed by atoms with Crippen molar-refractivity contribution in [2.24, 2.45) is 11.3 Å². The fraction of sp³-hybridized carbons (Fsp3) is 0.727. The maximum Gasteiger partial charge on any atom is 0.133 e. The molecule has 1 fully saturated rings. The summed E-state index contributed by atoms with van der Waals surface area (Å²) < 4.78 is 0. The summed E-state index contributed by atoms with van der Waals surface area (Å²) in [4.78, 5) is 11.2. The van der Waals surface area contributed by atoms with E-state index in [9.17, 15) is 4.79 Å². The van der Waals surface area contributed by atoms with E-state index in [1.807, 2.05) is 6.08 Å². The van der Waals surface area contributed by atoms with E-state index in [0.29, 0.717) is 17.1 Å². The molecule has 1 rings (SSSR count). The first kappa shape index (κ1) is 9.50. The molecule has 1 aliphatic carbocycles. The number of allylic oxidation sites excluding steroid dienone is 1. The standard InChI is InChI=1S/C11H18O/c1-4-5-9-8-10(12)6-7-11(9,2)3/h4,9H,1,5-8H2,2-3H3/t9-/m0/s1. The molecule has 0 aromatic carbocycles. The molecule has 0 saturated heterocycles. The SMILES string of the molecule is C=CC[C@H]1CC(=O)CCC1(C)C. The molecule has 0 aliphatic heterocycles. The van der Waals surface area contributed by atoms with Crippen molar-refractivity contribution in [1.29, 1.82) is 0 Å². The highest BCUT2D eigenvalue weighted by Gasteiger charge is 2.34. The van der Waals surface area contributed by atoms with Crippen LogP contribution in [0.3, 0.4) is 0 Å². The van der Waals surface area contributed by atoms with Crippen LogP contribution in [0, 0.1) is 11.3 Å². The van der Waals surface area contributed by atoms with Gasteiger partial charge in [0.2, 0.25) is 0 Å². The van der Waals surface area contributed by atoms with Crippen LogP contribution in [0.1, 0.15) is 39.5 Å². The number of carbonyl (C=O) groups excluding carboxylic acids is 1. The zero-order valence-corrected chi connectivity index (χ0v) is 8.10. The Labute approximate surface area is 74.9 Å². The van der Waals surface area contributed by atoms with Gasteiger partial charge in [0.15, 0.2) is 0 Å². The van der Waals surface area contributed by atoms with Gasteiger partial charge in [-0.05, 0) is 24.2 Å². The molecule has 0 unspecified atom stereocenters. The Balaban J connectivity index is 2.64. The van der Waals surface area contributed by atoms with Crippen LogP contribution in [0.2, 0.25) is 0 Å². The van der Waals surface area contributed by atoms with E-state index in [1.54, 1.807) is 0 Å². The van der Waals surface area contributed by atoms with Gasteiger partial charge in [-0.1, -0.05) is 19.9 Å². The van der Waals surface area contributed by atoms with Gasteiger partial charge in [-0.3, -0.25) is 4.79 Å². The molecule has 12 heavy (non-hydrogen) atoms. The van der Waals surface area contributed by atoms with Gasteiger partial charge in [0, 0.05) is 12.8 Å². The van der Waals surface area contributed by atoms with Crippen LogP contribution in [0.4, 0.5) is 0 Å². The molecule has 0 N–H and O–H groups in total. The summed E-state index contributed by atoms with van der Waals surface area (Å²) in [6.45, 7) is 8.25. The predicted octanol–water partition coefficient (Wildman–Crippen LogP) is 2.96. The molecule has 0 aromatic heterocycles. The van der Waals surface area contributed by atoms with Gasteiger partial charge in [-0.15, -0.1) is 6.58 Å². The number of hydrogen-bond donors (Lipinski definition) is 0. The maximum absolute atomic E-state index is 11.2. The van der Waals surface area contributed by atoms with Crippen LogP contribution in [0.25, 0.3) is 0 Å². The van der Waals surface area contributed by atoms with Gasteiger partial charge in [-0.2, -0.15) is 0 Å². The molecule has 0 bridgehead atoms. The second-order valence-corrected chi connectivity index (χ2v) is 4.45. The minimum atomic E-state index is 0.335. The van der Waals surface area contributed by atoms with Gasteiger partial charge >= 0.3 is 0 Å². The fourth-order valence-electron chi connectivity index (χ4n) is 1.92. The second kappa shape index (κ2) is 3.42. The van der Waals surface area contributed by atoms with Crippen LogP contribution in [0.5, 0.6) is 0 Å². The summed E-state index contributed by atoms with van der Waals surface area (Å²) in [7, 11) is 0. The van der Waals surface area contributed by atoms with Crippen molar-refractivity contribution >= 4 is 5.78 Å². The van der Waals surface area contributed by atoms with Gasteiger partial charge in [-0.25, -0.2) is 0 Å². The van der Waals surface area contributed by atoms with Gasteiger partial charge < -0.3 is 0 Å².